The van der Waals surface area contributed by atoms with Gasteiger partial charge in [-0.15, -0.1) is 0 Å². The van der Waals surface area contributed by atoms with Gasteiger partial charge in [0, 0.05) is 18.0 Å². The minimum Gasteiger partial charge on any atom is -0.485 e. The Balaban J connectivity index is 1.60. The molecule has 0 bridgehead atoms. The largest absolute Gasteiger partial charge is 0.485 e. The van der Waals surface area contributed by atoms with Crippen molar-refractivity contribution >= 4 is 0 Å². The first-order valence-corrected chi connectivity index (χ1v) is 7.15. The van der Waals surface area contributed by atoms with Crippen molar-refractivity contribution in [2.45, 2.75) is 38.3 Å². The summed E-state index contributed by atoms with van der Waals surface area (Å²) < 4.78 is 23.8. The number of aromatic nitrogens is 2. The van der Waals surface area contributed by atoms with Crippen LogP contribution in [-0.4, -0.2) is 22.7 Å². The van der Waals surface area contributed by atoms with Gasteiger partial charge in [-0.2, -0.15) is 4.98 Å². The molecule has 0 amide bonds. The third kappa shape index (κ3) is 3.58. The Morgan fingerprint density at radius 1 is 1.48 bits per heavy atom. The maximum Gasteiger partial charge on any atom is 0.229 e. The predicted molar refractivity (Wildman–Crippen MR) is 74.5 cm³/mol. The average molecular weight is 291 g/mol. The van der Waals surface area contributed by atoms with Gasteiger partial charge < -0.3 is 14.6 Å². The molecule has 2 aromatic rings. The summed E-state index contributed by atoms with van der Waals surface area (Å²) in [5, 5.41) is 7.32. The lowest BCUT2D eigenvalue weighted by Gasteiger charge is -2.25. The Kier molecular flexibility index (Phi) is 4.15. The first-order chi connectivity index (χ1) is 10.2. The first-order valence-electron chi connectivity index (χ1n) is 7.15. The molecule has 3 rings (SSSR count). The van der Waals surface area contributed by atoms with E-state index in [0.717, 1.165) is 19.4 Å². The maximum atomic E-state index is 13.0. The fourth-order valence-corrected chi connectivity index (χ4v) is 2.55. The molecule has 0 saturated carbocycles. The molecular weight excluding hydrogens is 273 g/mol. The lowest BCUT2D eigenvalue weighted by atomic mass is 9.93. The molecule has 0 radical (unpaired) electrons. The second kappa shape index (κ2) is 6.22. The van der Waals surface area contributed by atoms with Gasteiger partial charge in [-0.1, -0.05) is 11.2 Å². The van der Waals surface area contributed by atoms with Gasteiger partial charge in [-0.25, -0.2) is 4.39 Å². The van der Waals surface area contributed by atoms with E-state index < -0.39 is 0 Å². The van der Waals surface area contributed by atoms with E-state index in [-0.39, 0.29) is 12.4 Å². The first kappa shape index (κ1) is 14.0. The molecule has 1 aromatic heterocycles. The number of nitrogens with zero attached hydrogens (tertiary/aromatic N) is 2. The predicted octanol–water partition coefficient (Wildman–Crippen LogP) is 2.64. The maximum absolute atomic E-state index is 13.0. The molecule has 1 aromatic carbocycles. The minimum atomic E-state index is -0.329. The standard InChI is InChI=1S/C15H18FN3O2/c1-10-7-11(5-6-17-10)15-18-14(19-21-15)9-20-13-4-2-3-12(16)8-13/h2-4,8,10-11,17H,5-7,9H2,1H3/t10-,11-/m0/s1. The van der Waals surface area contributed by atoms with Gasteiger partial charge in [0.05, 0.1) is 0 Å². The molecule has 5 nitrogen and oxygen atoms in total. The Morgan fingerprint density at radius 3 is 3.19 bits per heavy atom. The summed E-state index contributed by atoms with van der Waals surface area (Å²) in [6, 6.07) is 6.46. The zero-order valence-corrected chi connectivity index (χ0v) is 11.9. The van der Waals surface area contributed by atoms with E-state index in [1.165, 1.54) is 12.1 Å². The lowest BCUT2D eigenvalue weighted by Crippen LogP contribution is -2.34. The normalized spacial score (nSPS) is 22.2. The van der Waals surface area contributed by atoms with Crippen molar-refractivity contribution in [1.29, 1.82) is 0 Å². The average Bonchev–Trinajstić information content (AvgIpc) is 2.94. The van der Waals surface area contributed by atoms with Crippen molar-refractivity contribution in [3.05, 3.63) is 41.8 Å². The molecule has 1 fully saturated rings. The summed E-state index contributed by atoms with van der Waals surface area (Å²) in [7, 11) is 0. The van der Waals surface area contributed by atoms with E-state index >= 15 is 0 Å². The second-order valence-electron chi connectivity index (χ2n) is 5.37. The van der Waals surface area contributed by atoms with Gasteiger partial charge in [-0.05, 0) is 38.4 Å². The van der Waals surface area contributed by atoms with Crippen molar-refractivity contribution in [2.75, 3.05) is 6.54 Å². The van der Waals surface area contributed by atoms with Crippen LogP contribution in [0, 0.1) is 5.82 Å². The molecular formula is C15H18FN3O2. The molecule has 1 N–H and O–H groups in total. The van der Waals surface area contributed by atoms with E-state index in [1.807, 2.05) is 0 Å². The number of hydrogen-bond acceptors (Lipinski definition) is 5. The van der Waals surface area contributed by atoms with Gasteiger partial charge in [-0.3, -0.25) is 0 Å². The van der Waals surface area contributed by atoms with Crippen LogP contribution in [0.15, 0.2) is 28.8 Å². The van der Waals surface area contributed by atoms with Crippen LogP contribution in [0.25, 0.3) is 0 Å². The molecule has 21 heavy (non-hydrogen) atoms. The van der Waals surface area contributed by atoms with Crippen LogP contribution in [0.5, 0.6) is 5.75 Å². The van der Waals surface area contributed by atoms with Crippen LogP contribution in [-0.2, 0) is 6.61 Å². The molecule has 1 aliphatic heterocycles. The Bertz CT molecular complexity index is 602. The molecule has 1 aliphatic rings. The van der Waals surface area contributed by atoms with Gasteiger partial charge >= 0.3 is 0 Å². The van der Waals surface area contributed by atoms with E-state index in [9.17, 15) is 4.39 Å². The molecule has 112 valence electrons. The number of nitrogens with one attached hydrogen (secondary N) is 1. The summed E-state index contributed by atoms with van der Waals surface area (Å²) in [5.41, 5.74) is 0. The summed E-state index contributed by atoms with van der Waals surface area (Å²) in [4.78, 5) is 4.38. The van der Waals surface area contributed by atoms with Crippen molar-refractivity contribution < 1.29 is 13.7 Å². The fraction of sp³-hybridized carbons (Fsp3) is 0.467. The van der Waals surface area contributed by atoms with Crippen LogP contribution in [0.1, 0.15) is 37.4 Å². The molecule has 0 aliphatic carbocycles. The monoisotopic (exact) mass is 291 g/mol. The Hall–Kier alpha value is -1.95. The molecule has 2 heterocycles. The van der Waals surface area contributed by atoms with Gasteiger partial charge in [0.1, 0.15) is 11.6 Å². The number of ether oxygens (including phenoxy) is 1. The lowest BCUT2D eigenvalue weighted by molar-refractivity contribution is 0.275. The minimum absolute atomic E-state index is 0.174. The summed E-state index contributed by atoms with van der Waals surface area (Å²) in [6.45, 7) is 3.29. The zero-order chi connectivity index (χ0) is 14.7. The van der Waals surface area contributed by atoms with Crippen LogP contribution in [0.4, 0.5) is 4.39 Å². The molecule has 6 heteroatoms. The third-order valence-electron chi connectivity index (χ3n) is 3.62. The number of rotatable bonds is 4. The van der Waals surface area contributed by atoms with Crippen molar-refractivity contribution in [1.82, 2.24) is 15.5 Å². The molecule has 2 atom stereocenters. The summed E-state index contributed by atoms with van der Waals surface area (Å²) in [6.07, 6.45) is 1.99. The highest BCUT2D eigenvalue weighted by Crippen LogP contribution is 2.26. The van der Waals surface area contributed by atoms with Gasteiger partial charge in [0.15, 0.2) is 6.61 Å². The van der Waals surface area contributed by atoms with E-state index in [0.29, 0.717) is 29.4 Å². The Labute approximate surface area is 122 Å². The highest BCUT2D eigenvalue weighted by atomic mass is 19.1. The third-order valence-corrected chi connectivity index (χ3v) is 3.62. The van der Waals surface area contributed by atoms with Crippen LogP contribution in [0.2, 0.25) is 0 Å². The topological polar surface area (TPSA) is 60.2 Å². The summed E-state index contributed by atoms with van der Waals surface area (Å²) in [5.74, 6) is 1.58. The second-order valence-corrected chi connectivity index (χ2v) is 5.37. The van der Waals surface area contributed by atoms with Gasteiger partial charge in [0.2, 0.25) is 11.7 Å². The van der Waals surface area contributed by atoms with E-state index in [1.54, 1.807) is 12.1 Å². The smallest absolute Gasteiger partial charge is 0.229 e. The molecule has 0 spiro atoms. The van der Waals surface area contributed by atoms with E-state index in [4.69, 9.17) is 9.26 Å². The quantitative estimate of drug-likeness (QED) is 0.938. The highest BCUT2D eigenvalue weighted by molar-refractivity contribution is 5.22. The van der Waals surface area contributed by atoms with Crippen molar-refractivity contribution in [2.24, 2.45) is 0 Å². The van der Waals surface area contributed by atoms with Crippen molar-refractivity contribution in [3.63, 3.8) is 0 Å². The zero-order valence-electron chi connectivity index (χ0n) is 11.9. The van der Waals surface area contributed by atoms with Crippen LogP contribution >= 0.6 is 0 Å². The van der Waals surface area contributed by atoms with Crippen LogP contribution < -0.4 is 10.1 Å². The van der Waals surface area contributed by atoms with Gasteiger partial charge in [0.25, 0.3) is 0 Å². The number of halogens is 1. The number of piperidine rings is 1. The highest BCUT2D eigenvalue weighted by Gasteiger charge is 2.24. The molecule has 0 unspecified atom stereocenters. The SMILES string of the molecule is C[C@H]1C[C@@H](c2nc(COc3cccc(F)c3)no2)CCN1. The Morgan fingerprint density at radius 2 is 2.38 bits per heavy atom. The number of benzene rings is 1. The fourth-order valence-electron chi connectivity index (χ4n) is 2.55. The van der Waals surface area contributed by atoms with Crippen molar-refractivity contribution in [3.8, 4) is 5.75 Å². The van der Waals surface area contributed by atoms with Crippen LogP contribution in [0.3, 0.4) is 0 Å². The number of hydrogen-bond donors (Lipinski definition) is 1. The van der Waals surface area contributed by atoms with E-state index in [2.05, 4.69) is 22.4 Å². The summed E-state index contributed by atoms with van der Waals surface area (Å²) >= 11 is 0. The molecule has 1 saturated heterocycles.